The van der Waals surface area contributed by atoms with E-state index in [4.69, 9.17) is 10.5 Å². The summed E-state index contributed by atoms with van der Waals surface area (Å²) in [4.78, 5) is 29.3. The van der Waals surface area contributed by atoms with Gasteiger partial charge in [0.15, 0.2) is 16.6 Å². The minimum absolute atomic E-state index is 0.00357. The van der Waals surface area contributed by atoms with Gasteiger partial charge in [-0.15, -0.1) is 11.3 Å². The van der Waals surface area contributed by atoms with Crippen LogP contribution in [0.15, 0.2) is 54.0 Å². The smallest absolute Gasteiger partial charge is 0.322 e. The summed E-state index contributed by atoms with van der Waals surface area (Å²) in [7, 11) is 1.55. The second-order valence-electron chi connectivity index (χ2n) is 7.50. The first-order valence-electron chi connectivity index (χ1n) is 9.71. The number of fused-ring (bicyclic) bond motifs is 1. The van der Waals surface area contributed by atoms with E-state index in [2.05, 4.69) is 15.6 Å². The second-order valence-corrected chi connectivity index (χ2v) is 8.39. The lowest BCUT2D eigenvalue weighted by molar-refractivity contribution is -0.124. The van der Waals surface area contributed by atoms with E-state index in [0.29, 0.717) is 21.8 Å². The van der Waals surface area contributed by atoms with Crippen molar-refractivity contribution >= 4 is 39.2 Å². The van der Waals surface area contributed by atoms with Crippen LogP contribution in [0.5, 0.6) is 11.6 Å². The third kappa shape index (κ3) is 3.12. The van der Waals surface area contributed by atoms with Crippen molar-refractivity contribution in [1.82, 2.24) is 20.2 Å². The summed E-state index contributed by atoms with van der Waals surface area (Å²) >= 11 is 1.34. The molecule has 0 aliphatic carbocycles. The molecule has 1 fully saturated rings. The maximum atomic E-state index is 13.0. The number of carbonyl (C=O) groups is 2. The Hall–Kier alpha value is -4.05. The Bertz CT molecular complexity index is 1360. The Morgan fingerprint density at radius 2 is 2.00 bits per heavy atom. The molecule has 3 heterocycles. The number of carbonyl (C=O) groups excluding carboxylic acids is 2. The third-order valence-electron chi connectivity index (χ3n) is 5.61. The highest BCUT2D eigenvalue weighted by Gasteiger charge is 2.48. The number of nitrogens with zero attached hydrogens (tertiary/aromatic N) is 2. The van der Waals surface area contributed by atoms with Crippen molar-refractivity contribution in [1.29, 1.82) is 0 Å². The van der Waals surface area contributed by atoms with Crippen LogP contribution in [0.3, 0.4) is 0 Å². The number of hydrogen-bond acceptors (Lipinski definition) is 7. The minimum atomic E-state index is -1.40. The molecular weight excluding hydrogens is 430 g/mol. The standard InChI is InChI=1S/C22H19N5O4S/c1-31-15-7-4-13-9-27(18(28)16(13)8-15)11-22(19(29)25-21(30)26-22)14-5-2-12(3-6-14)17-10-32-20(23)24-17/h2-10,28H,11H2,1H3,(H2,23,24)(H2,25,26,29,30). The lowest BCUT2D eigenvalue weighted by Gasteiger charge is -2.27. The van der Waals surface area contributed by atoms with Crippen molar-refractivity contribution in [2.75, 3.05) is 12.8 Å². The van der Waals surface area contributed by atoms with Gasteiger partial charge in [-0.25, -0.2) is 9.78 Å². The molecule has 0 saturated carbocycles. The molecule has 0 spiro atoms. The Labute approximate surface area is 186 Å². The van der Waals surface area contributed by atoms with Gasteiger partial charge in [0.05, 0.1) is 19.3 Å². The molecule has 0 radical (unpaired) electrons. The van der Waals surface area contributed by atoms with Gasteiger partial charge in [0, 0.05) is 27.9 Å². The number of nitrogen functional groups attached to an aromatic ring is 1. The number of thiazole rings is 1. The van der Waals surface area contributed by atoms with Gasteiger partial charge >= 0.3 is 6.03 Å². The van der Waals surface area contributed by atoms with Crippen molar-refractivity contribution < 1.29 is 19.4 Å². The number of hydrogen-bond donors (Lipinski definition) is 4. The molecule has 32 heavy (non-hydrogen) atoms. The quantitative estimate of drug-likeness (QED) is 0.347. The zero-order chi connectivity index (χ0) is 22.5. The van der Waals surface area contributed by atoms with Crippen LogP contribution in [0.4, 0.5) is 9.93 Å². The number of methoxy groups -OCH3 is 1. The van der Waals surface area contributed by atoms with Crippen molar-refractivity contribution in [3.8, 4) is 22.9 Å². The first-order valence-corrected chi connectivity index (χ1v) is 10.6. The van der Waals surface area contributed by atoms with Crippen molar-refractivity contribution in [3.05, 3.63) is 59.6 Å². The normalized spacial score (nSPS) is 18.0. The Balaban J connectivity index is 1.56. The number of anilines is 1. The van der Waals surface area contributed by atoms with Crippen LogP contribution in [0, 0.1) is 0 Å². The molecule has 1 aliphatic rings. The second kappa shape index (κ2) is 7.27. The number of aromatic nitrogens is 2. The highest BCUT2D eigenvalue weighted by molar-refractivity contribution is 7.13. The predicted octanol–water partition coefficient (Wildman–Crippen LogP) is 2.80. The van der Waals surface area contributed by atoms with E-state index in [1.165, 1.54) is 11.3 Å². The van der Waals surface area contributed by atoms with Crippen molar-refractivity contribution in [2.24, 2.45) is 0 Å². The molecule has 0 bridgehead atoms. The molecule has 10 heteroatoms. The van der Waals surface area contributed by atoms with Crippen molar-refractivity contribution in [2.45, 2.75) is 12.1 Å². The first-order chi connectivity index (χ1) is 15.4. The Morgan fingerprint density at radius 1 is 1.22 bits per heavy atom. The fourth-order valence-electron chi connectivity index (χ4n) is 3.97. The van der Waals surface area contributed by atoms with Gasteiger partial charge in [-0.1, -0.05) is 24.3 Å². The van der Waals surface area contributed by atoms with E-state index < -0.39 is 17.5 Å². The van der Waals surface area contributed by atoms with Crippen LogP contribution in [0.1, 0.15) is 5.56 Å². The number of ether oxygens (including phenoxy) is 1. The van der Waals surface area contributed by atoms with Crippen LogP contribution >= 0.6 is 11.3 Å². The van der Waals surface area contributed by atoms with Crippen molar-refractivity contribution in [3.63, 3.8) is 0 Å². The summed E-state index contributed by atoms with van der Waals surface area (Å²) in [6.45, 7) is -0.00357. The molecular formula is C22H19N5O4S. The maximum Gasteiger partial charge on any atom is 0.322 e. The van der Waals surface area contributed by atoms with E-state index >= 15 is 0 Å². The number of rotatable bonds is 5. The van der Waals surface area contributed by atoms with Gasteiger partial charge in [-0.2, -0.15) is 0 Å². The molecule has 3 amide bonds. The summed E-state index contributed by atoms with van der Waals surface area (Å²) in [6.07, 6.45) is 1.73. The van der Waals surface area contributed by atoms with Gasteiger partial charge < -0.3 is 25.5 Å². The molecule has 1 aliphatic heterocycles. The van der Waals surface area contributed by atoms with E-state index in [9.17, 15) is 14.7 Å². The average Bonchev–Trinajstić information content (AvgIpc) is 3.44. The van der Waals surface area contributed by atoms with Gasteiger partial charge in [-0.05, 0) is 23.8 Å². The monoisotopic (exact) mass is 449 g/mol. The van der Waals surface area contributed by atoms with Gasteiger partial charge in [0.2, 0.25) is 0 Å². The lowest BCUT2D eigenvalue weighted by atomic mass is 9.89. The molecule has 9 nitrogen and oxygen atoms in total. The number of nitrogens with two attached hydrogens (primary N) is 1. The van der Waals surface area contributed by atoms with E-state index in [0.717, 1.165) is 16.6 Å². The lowest BCUT2D eigenvalue weighted by Crippen LogP contribution is -2.47. The fraction of sp³-hybridized carbons (Fsp3) is 0.136. The predicted molar refractivity (Wildman–Crippen MR) is 120 cm³/mol. The fourth-order valence-corrected chi connectivity index (χ4v) is 4.54. The number of imide groups is 1. The average molecular weight is 449 g/mol. The van der Waals surface area contributed by atoms with Crippen LogP contribution < -0.4 is 21.1 Å². The Kier molecular flexibility index (Phi) is 4.52. The summed E-state index contributed by atoms with van der Waals surface area (Å²) < 4.78 is 6.78. The van der Waals surface area contributed by atoms with Crippen LogP contribution in [0.2, 0.25) is 0 Å². The van der Waals surface area contributed by atoms with Gasteiger partial charge in [0.1, 0.15) is 5.75 Å². The van der Waals surface area contributed by atoms with E-state index in [1.54, 1.807) is 42.1 Å². The van der Waals surface area contributed by atoms with Gasteiger partial charge in [-0.3, -0.25) is 10.1 Å². The maximum absolute atomic E-state index is 13.0. The topological polar surface area (TPSA) is 131 Å². The number of urea groups is 1. The van der Waals surface area contributed by atoms with Crippen LogP contribution in [-0.4, -0.2) is 33.7 Å². The molecule has 5 rings (SSSR count). The highest BCUT2D eigenvalue weighted by atomic mass is 32.1. The SMILES string of the molecule is COc1ccc2cn(CC3(c4ccc(-c5csc(N)n5)cc4)NC(=O)NC3=O)c(O)c2c1. The summed E-state index contributed by atoms with van der Waals surface area (Å²) in [5, 5.41) is 19.6. The molecule has 1 atom stereocenters. The summed E-state index contributed by atoms with van der Waals surface area (Å²) in [5.74, 6) is 0.0788. The number of nitrogens with one attached hydrogen (secondary N) is 2. The molecule has 2 aromatic carbocycles. The van der Waals surface area contributed by atoms with Crippen LogP contribution in [0.25, 0.3) is 22.0 Å². The molecule has 5 N–H and O–H groups in total. The number of benzene rings is 2. The molecule has 2 aromatic heterocycles. The largest absolute Gasteiger partial charge is 0.497 e. The number of amides is 3. The minimum Gasteiger partial charge on any atom is -0.497 e. The molecule has 1 unspecified atom stereocenters. The first kappa shape index (κ1) is 19.9. The molecule has 162 valence electrons. The summed E-state index contributed by atoms with van der Waals surface area (Å²) in [5.41, 5.74) is 6.47. The molecule has 1 saturated heterocycles. The third-order valence-corrected chi connectivity index (χ3v) is 6.29. The number of aromatic hydroxyl groups is 1. The Morgan fingerprint density at radius 3 is 2.62 bits per heavy atom. The highest BCUT2D eigenvalue weighted by Crippen LogP contribution is 2.35. The van der Waals surface area contributed by atoms with Crippen LogP contribution in [-0.2, 0) is 16.9 Å². The van der Waals surface area contributed by atoms with Gasteiger partial charge in [0.25, 0.3) is 5.91 Å². The zero-order valence-electron chi connectivity index (χ0n) is 17.0. The zero-order valence-corrected chi connectivity index (χ0v) is 17.8. The van der Waals surface area contributed by atoms with E-state index in [1.807, 2.05) is 23.6 Å². The molecule has 4 aromatic rings. The summed E-state index contributed by atoms with van der Waals surface area (Å²) in [6, 6.07) is 11.9. The van der Waals surface area contributed by atoms with E-state index in [-0.39, 0.29) is 12.4 Å².